The predicted octanol–water partition coefficient (Wildman–Crippen LogP) is 3.40. The maximum absolute atomic E-state index is 5.74. The van der Waals surface area contributed by atoms with Gasteiger partial charge in [0.05, 0.1) is 5.54 Å². The molecule has 1 aromatic heterocycles. The van der Waals surface area contributed by atoms with Gasteiger partial charge in [0, 0.05) is 12.7 Å². The Bertz CT molecular complexity index is 635. The molecule has 1 aliphatic rings. The molecule has 0 aliphatic carbocycles. The smallest absolute Gasteiger partial charge is 0.234 e. The number of aromatic nitrogens is 1. The minimum atomic E-state index is -0.117. The number of rotatable bonds is 3. The molecule has 0 radical (unpaired) electrons. The third-order valence-electron chi connectivity index (χ3n) is 3.49. The van der Waals surface area contributed by atoms with E-state index in [1.165, 1.54) is 11.1 Å². The van der Waals surface area contributed by atoms with Crippen molar-refractivity contribution in [3.8, 4) is 0 Å². The van der Waals surface area contributed by atoms with Gasteiger partial charge >= 0.3 is 0 Å². The van der Waals surface area contributed by atoms with Crippen molar-refractivity contribution in [1.29, 1.82) is 0 Å². The Morgan fingerprint density at radius 1 is 1.20 bits per heavy atom. The van der Waals surface area contributed by atoms with E-state index in [4.69, 9.17) is 4.74 Å². The van der Waals surface area contributed by atoms with E-state index >= 15 is 0 Å². The molecule has 104 valence electrons. The zero-order valence-corrected chi connectivity index (χ0v) is 12.3. The fourth-order valence-corrected chi connectivity index (χ4v) is 2.35. The fourth-order valence-electron chi connectivity index (χ4n) is 2.35. The van der Waals surface area contributed by atoms with Crippen LogP contribution in [0.5, 0.6) is 0 Å². The van der Waals surface area contributed by atoms with Crippen LogP contribution in [0.2, 0.25) is 0 Å². The predicted molar refractivity (Wildman–Crippen MR) is 81.3 cm³/mol. The molecule has 0 N–H and O–H groups in total. The third kappa shape index (κ3) is 2.62. The molecule has 0 bridgehead atoms. The van der Waals surface area contributed by atoms with Gasteiger partial charge in [-0.05, 0) is 38.5 Å². The lowest BCUT2D eigenvalue weighted by molar-refractivity contribution is 0.278. The second-order valence-electron chi connectivity index (χ2n) is 6.02. The molecule has 20 heavy (non-hydrogen) atoms. The summed E-state index contributed by atoms with van der Waals surface area (Å²) in [4.78, 5) is 4.65. The summed E-state index contributed by atoms with van der Waals surface area (Å²) in [7, 11) is 0. The highest BCUT2D eigenvalue weighted by Gasteiger charge is 2.28. The zero-order chi connectivity index (χ0) is 14.2. The van der Waals surface area contributed by atoms with Crippen molar-refractivity contribution in [3.05, 3.63) is 59.4 Å². The quantitative estimate of drug-likeness (QED) is 0.838. The van der Waals surface area contributed by atoms with Crippen molar-refractivity contribution < 1.29 is 4.74 Å². The molecule has 0 spiro atoms. The van der Waals surface area contributed by atoms with E-state index in [2.05, 4.69) is 66.9 Å². The Morgan fingerprint density at radius 2 is 1.95 bits per heavy atom. The second-order valence-corrected chi connectivity index (χ2v) is 6.02. The number of hydrogen-bond donors (Lipinski definition) is 0. The Balaban J connectivity index is 1.86. The van der Waals surface area contributed by atoms with Gasteiger partial charge < -0.3 is 9.30 Å². The maximum atomic E-state index is 5.74. The number of hydrogen-bond acceptors (Lipinski definition) is 2. The minimum Gasteiger partial charge on any atom is -0.474 e. The zero-order valence-electron chi connectivity index (χ0n) is 12.3. The van der Waals surface area contributed by atoms with Gasteiger partial charge in [0.2, 0.25) is 5.90 Å². The first-order valence-electron chi connectivity index (χ1n) is 6.97. The lowest BCUT2D eigenvalue weighted by atomic mass is 10.1. The first kappa shape index (κ1) is 13.0. The molecule has 3 heteroatoms. The van der Waals surface area contributed by atoms with Crippen LogP contribution in [-0.4, -0.2) is 22.6 Å². The molecule has 2 heterocycles. The highest BCUT2D eigenvalue weighted by atomic mass is 16.5. The lowest BCUT2D eigenvalue weighted by Crippen LogP contribution is -2.17. The van der Waals surface area contributed by atoms with Gasteiger partial charge in [-0.2, -0.15) is 0 Å². The van der Waals surface area contributed by atoms with E-state index in [1.54, 1.807) is 0 Å². The molecule has 0 fully saturated rings. The van der Waals surface area contributed by atoms with Crippen LogP contribution in [0.15, 0.2) is 47.6 Å². The van der Waals surface area contributed by atoms with Gasteiger partial charge in [-0.1, -0.05) is 29.8 Å². The molecule has 0 atom stereocenters. The molecule has 1 aliphatic heterocycles. The van der Waals surface area contributed by atoms with Crippen molar-refractivity contribution in [3.63, 3.8) is 0 Å². The summed E-state index contributed by atoms with van der Waals surface area (Å²) in [5.74, 6) is 0.757. The number of nitrogens with zero attached hydrogens (tertiary/aromatic N) is 2. The van der Waals surface area contributed by atoms with Crippen LogP contribution in [0.3, 0.4) is 0 Å². The lowest BCUT2D eigenvalue weighted by Gasteiger charge is -2.09. The van der Waals surface area contributed by atoms with Gasteiger partial charge in [0.1, 0.15) is 12.3 Å². The van der Waals surface area contributed by atoms with E-state index in [-0.39, 0.29) is 5.54 Å². The topological polar surface area (TPSA) is 26.5 Å². The van der Waals surface area contributed by atoms with Crippen molar-refractivity contribution in [2.45, 2.75) is 32.9 Å². The molecule has 3 nitrogen and oxygen atoms in total. The molecular weight excluding hydrogens is 248 g/mol. The highest BCUT2D eigenvalue weighted by molar-refractivity contribution is 5.94. The molecule has 2 aromatic rings. The summed E-state index contributed by atoms with van der Waals surface area (Å²) >= 11 is 0. The van der Waals surface area contributed by atoms with E-state index in [0.29, 0.717) is 6.61 Å². The largest absolute Gasteiger partial charge is 0.474 e. The normalized spacial score (nSPS) is 16.9. The summed E-state index contributed by atoms with van der Waals surface area (Å²) in [6, 6.07) is 12.7. The van der Waals surface area contributed by atoms with Crippen LogP contribution in [0.4, 0.5) is 0 Å². The summed E-state index contributed by atoms with van der Waals surface area (Å²) in [5, 5.41) is 0. The van der Waals surface area contributed by atoms with Crippen LogP contribution in [0.1, 0.15) is 30.7 Å². The Labute approximate surface area is 119 Å². The molecule has 0 unspecified atom stereocenters. The van der Waals surface area contributed by atoms with Crippen LogP contribution in [0, 0.1) is 6.92 Å². The standard InChI is InChI=1S/C17H20N2O/c1-13-6-8-14(9-7-13)11-19-10-4-5-15(19)16-18-17(2,3)12-20-16/h4-10H,11-12H2,1-3H3. The van der Waals surface area contributed by atoms with Gasteiger partial charge in [0.15, 0.2) is 0 Å². The van der Waals surface area contributed by atoms with E-state index < -0.39 is 0 Å². The van der Waals surface area contributed by atoms with Crippen molar-refractivity contribution in [2.24, 2.45) is 4.99 Å². The summed E-state index contributed by atoms with van der Waals surface area (Å²) in [6.07, 6.45) is 2.08. The molecule has 0 saturated carbocycles. The Kier molecular flexibility index (Phi) is 3.13. The summed E-state index contributed by atoms with van der Waals surface area (Å²) < 4.78 is 7.92. The number of ether oxygens (including phenoxy) is 1. The second kappa shape index (κ2) is 4.82. The molecule has 0 amide bonds. The van der Waals surface area contributed by atoms with Crippen molar-refractivity contribution >= 4 is 5.90 Å². The first-order chi connectivity index (χ1) is 9.53. The van der Waals surface area contributed by atoms with E-state index in [1.807, 2.05) is 6.07 Å². The van der Waals surface area contributed by atoms with Crippen molar-refractivity contribution in [2.75, 3.05) is 6.61 Å². The van der Waals surface area contributed by atoms with Crippen LogP contribution < -0.4 is 0 Å². The Morgan fingerprint density at radius 3 is 2.60 bits per heavy atom. The highest BCUT2D eigenvalue weighted by Crippen LogP contribution is 2.21. The summed E-state index contributed by atoms with van der Waals surface area (Å²) in [6.45, 7) is 7.78. The van der Waals surface area contributed by atoms with Gasteiger partial charge in [-0.3, -0.25) is 0 Å². The van der Waals surface area contributed by atoms with Crippen LogP contribution in [-0.2, 0) is 11.3 Å². The molecule has 3 rings (SSSR count). The van der Waals surface area contributed by atoms with Crippen LogP contribution >= 0.6 is 0 Å². The monoisotopic (exact) mass is 268 g/mol. The van der Waals surface area contributed by atoms with E-state index in [9.17, 15) is 0 Å². The van der Waals surface area contributed by atoms with Gasteiger partial charge in [0.25, 0.3) is 0 Å². The summed E-state index contributed by atoms with van der Waals surface area (Å²) in [5.41, 5.74) is 3.50. The number of benzene rings is 1. The first-order valence-corrected chi connectivity index (χ1v) is 6.97. The average molecular weight is 268 g/mol. The SMILES string of the molecule is Cc1ccc(Cn2cccc2C2=NC(C)(C)CO2)cc1. The van der Waals surface area contributed by atoms with Crippen molar-refractivity contribution in [1.82, 2.24) is 4.57 Å². The van der Waals surface area contributed by atoms with Gasteiger partial charge in [-0.15, -0.1) is 0 Å². The average Bonchev–Trinajstić information content (AvgIpc) is 2.98. The van der Waals surface area contributed by atoms with Gasteiger partial charge in [-0.25, -0.2) is 4.99 Å². The molecule has 0 saturated heterocycles. The molecule has 1 aromatic carbocycles. The Hall–Kier alpha value is -2.03. The fraction of sp³-hybridized carbons (Fsp3) is 0.353. The third-order valence-corrected chi connectivity index (χ3v) is 3.49. The maximum Gasteiger partial charge on any atom is 0.234 e. The number of aliphatic imine (C=N–C) groups is 1. The molecular formula is C17H20N2O. The van der Waals surface area contributed by atoms with E-state index in [0.717, 1.165) is 18.1 Å². The minimum absolute atomic E-state index is 0.117. The van der Waals surface area contributed by atoms with Crippen LogP contribution in [0.25, 0.3) is 0 Å². The number of aryl methyl sites for hydroxylation is 1.